The van der Waals surface area contributed by atoms with E-state index in [4.69, 9.17) is 4.98 Å². The average molecular weight is 451 g/mol. The van der Waals surface area contributed by atoms with Gasteiger partial charge >= 0.3 is 0 Å². The fourth-order valence-electron chi connectivity index (χ4n) is 4.17. The zero-order chi connectivity index (χ0) is 23.8. The monoisotopic (exact) mass is 450 g/mol. The van der Waals surface area contributed by atoms with Gasteiger partial charge in [0.05, 0.1) is 22.7 Å². The van der Waals surface area contributed by atoms with Crippen molar-refractivity contribution >= 4 is 29.1 Å². The number of aliphatic hydroxyl groups is 1. The summed E-state index contributed by atoms with van der Waals surface area (Å²) in [5.41, 5.74) is 1.87. The first-order valence-electron chi connectivity index (χ1n) is 11.1. The Balaban J connectivity index is 1.62. The van der Waals surface area contributed by atoms with Crippen LogP contribution in [0.1, 0.15) is 48.3 Å². The quantitative estimate of drug-likeness (QED) is 0.551. The third kappa shape index (κ3) is 4.83. The van der Waals surface area contributed by atoms with Crippen LogP contribution in [0.15, 0.2) is 36.4 Å². The second-order valence-electron chi connectivity index (χ2n) is 9.05. The van der Waals surface area contributed by atoms with Crippen LogP contribution in [0.25, 0.3) is 5.52 Å². The summed E-state index contributed by atoms with van der Waals surface area (Å²) in [6, 6.07) is 10.6. The molecule has 1 fully saturated rings. The number of nitrogens with zero attached hydrogens (tertiary/aromatic N) is 4. The van der Waals surface area contributed by atoms with E-state index in [1.54, 1.807) is 55.7 Å². The lowest BCUT2D eigenvalue weighted by Gasteiger charge is -2.32. The van der Waals surface area contributed by atoms with Crippen molar-refractivity contribution in [1.29, 1.82) is 0 Å². The topological polar surface area (TPSA) is 112 Å². The van der Waals surface area contributed by atoms with E-state index in [0.29, 0.717) is 23.9 Å². The molecule has 2 amide bonds. The van der Waals surface area contributed by atoms with Crippen LogP contribution in [0, 0.1) is 12.8 Å². The minimum absolute atomic E-state index is 0.0200. The van der Waals surface area contributed by atoms with Crippen LogP contribution in [0.4, 0.5) is 11.8 Å². The van der Waals surface area contributed by atoms with Gasteiger partial charge in [-0.15, -0.1) is 0 Å². The summed E-state index contributed by atoms with van der Waals surface area (Å²) in [4.78, 5) is 31.8. The van der Waals surface area contributed by atoms with Crippen molar-refractivity contribution in [2.75, 3.05) is 30.4 Å². The van der Waals surface area contributed by atoms with E-state index in [1.807, 2.05) is 13.0 Å². The largest absolute Gasteiger partial charge is 0.386 e. The molecular weight excluding hydrogens is 420 g/mol. The molecule has 3 N–H and O–H groups in total. The number of hydrogen-bond donors (Lipinski definition) is 3. The molecule has 0 saturated carbocycles. The number of carbonyl (C=O) groups excluding carboxylic acids is 2. The fraction of sp³-hybridized carbons (Fsp3) is 0.417. The highest BCUT2D eigenvalue weighted by Crippen LogP contribution is 2.26. The second kappa shape index (κ2) is 8.82. The molecule has 1 aliphatic rings. The van der Waals surface area contributed by atoms with Gasteiger partial charge in [-0.05, 0) is 57.4 Å². The number of piperidine rings is 1. The van der Waals surface area contributed by atoms with Crippen molar-refractivity contribution in [3.8, 4) is 0 Å². The maximum Gasteiger partial charge on any atom is 0.256 e. The predicted molar refractivity (Wildman–Crippen MR) is 126 cm³/mol. The second-order valence-corrected chi connectivity index (χ2v) is 9.05. The molecule has 2 aromatic heterocycles. The predicted octanol–water partition coefficient (Wildman–Crippen LogP) is 2.48. The summed E-state index contributed by atoms with van der Waals surface area (Å²) < 4.78 is 1.76. The Kier molecular flexibility index (Phi) is 6.07. The molecule has 0 spiro atoms. The maximum atomic E-state index is 12.9. The number of carbonyl (C=O) groups is 2. The van der Waals surface area contributed by atoms with Gasteiger partial charge in [-0.3, -0.25) is 9.59 Å². The Hall–Kier alpha value is -3.46. The van der Waals surface area contributed by atoms with E-state index >= 15 is 0 Å². The molecule has 0 radical (unpaired) electrons. The van der Waals surface area contributed by atoms with E-state index < -0.39 is 5.60 Å². The lowest BCUT2D eigenvalue weighted by Crippen LogP contribution is -2.43. The zero-order valence-electron chi connectivity index (χ0n) is 19.4. The summed E-state index contributed by atoms with van der Waals surface area (Å²) in [7, 11) is 1.65. The lowest BCUT2D eigenvalue weighted by molar-refractivity contribution is -0.124. The summed E-state index contributed by atoms with van der Waals surface area (Å²) in [5, 5.41) is 20.3. The van der Waals surface area contributed by atoms with Crippen molar-refractivity contribution in [1.82, 2.24) is 19.9 Å². The number of hydrogen-bond acceptors (Lipinski definition) is 6. The van der Waals surface area contributed by atoms with Crippen LogP contribution in [0.5, 0.6) is 0 Å². The number of fused-ring (bicyclic) bond motifs is 1. The van der Waals surface area contributed by atoms with Crippen LogP contribution in [0.3, 0.4) is 0 Å². The highest BCUT2D eigenvalue weighted by atomic mass is 16.3. The molecule has 33 heavy (non-hydrogen) atoms. The minimum Gasteiger partial charge on any atom is -0.386 e. The van der Waals surface area contributed by atoms with Gasteiger partial charge in [-0.2, -0.15) is 10.1 Å². The number of amides is 2. The Labute approximate surface area is 192 Å². The molecule has 1 saturated heterocycles. The summed E-state index contributed by atoms with van der Waals surface area (Å²) in [5.74, 6) is 0.618. The van der Waals surface area contributed by atoms with Crippen molar-refractivity contribution in [2.45, 2.75) is 39.2 Å². The van der Waals surface area contributed by atoms with E-state index in [0.717, 1.165) is 36.2 Å². The summed E-state index contributed by atoms with van der Waals surface area (Å²) in [6.45, 7) is 6.60. The van der Waals surface area contributed by atoms with Crippen molar-refractivity contribution in [2.24, 2.45) is 5.92 Å². The van der Waals surface area contributed by atoms with Crippen molar-refractivity contribution in [3.05, 3.63) is 53.2 Å². The molecule has 1 aromatic carbocycles. The van der Waals surface area contributed by atoms with Crippen LogP contribution >= 0.6 is 0 Å². The molecule has 174 valence electrons. The average Bonchev–Trinajstić information content (AvgIpc) is 3.17. The van der Waals surface area contributed by atoms with Gasteiger partial charge in [0.25, 0.3) is 5.91 Å². The number of nitrogens with one attached hydrogen (secondary N) is 2. The van der Waals surface area contributed by atoms with E-state index in [9.17, 15) is 14.7 Å². The van der Waals surface area contributed by atoms with Crippen molar-refractivity contribution in [3.63, 3.8) is 0 Å². The lowest BCUT2D eigenvalue weighted by atomic mass is 9.97. The highest BCUT2D eigenvalue weighted by Gasteiger charge is 2.28. The first-order valence-corrected chi connectivity index (χ1v) is 11.1. The van der Waals surface area contributed by atoms with Crippen LogP contribution in [-0.2, 0) is 10.4 Å². The van der Waals surface area contributed by atoms with E-state index in [2.05, 4.69) is 20.6 Å². The molecule has 3 aromatic rings. The number of anilines is 2. The van der Waals surface area contributed by atoms with Gasteiger partial charge in [0.15, 0.2) is 0 Å². The van der Waals surface area contributed by atoms with Crippen molar-refractivity contribution < 1.29 is 14.7 Å². The number of rotatable bonds is 5. The number of aryl methyl sites for hydroxylation is 1. The fourth-order valence-corrected chi connectivity index (χ4v) is 4.17. The molecular formula is C24H30N6O3. The summed E-state index contributed by atoms with van der Waals surface area (Å²) >= 11 is 0. The standard InChI is InChI=1S/C24H30N6O3/c1-15-12-19-13-20(26-22(32)16-7-9-18(10-8-16)24(2,3)33)27-23(30(19)28-15)29-11-5-6-17(14-29)21(31)25-4/h7-10,12-13,17,33H,5-6,11,14H2,1-4H3,(H,25,31)(H,26,32). The van der Waals surface area contributed by atoms with Gasteiger partial charge in [-0.25, -0.2) is 4.52 Å². The smallest absolute Gasteiger partial charge is 0.256 e. The minimum atomic E-state index is -0.975. The SMILES string of the molecule is CNC(=O)C1CCCN(c2nc(NC(=O)c3ccc(C(C)(C)O)cc3)cc3cc(C)nn23)C1. The van der Waals surface area contributed by atoms with E-state index in [1.165, 1.54) is 0 Å². The van der Waals surface area contributed by atoms with Gasteiger partial charge in [-0.1, -0.05) is 12.1 Å². The Morgan fingerprint density at radius 1 is 1.18 bits per heavy atom. The van der Waals surface area contributed by atoms with Gasteiger partial charge in [0.2, 0.25) is 11.9 Å². The first kappa shape index (κ1) is 22.7. The normalized spacial score (nSPS) is 16.6. The number of benzene rings is 1. The van der Waals surface area contributed by atoms with Gasteiger partial charge in [0, 0.05) is 31.8 Å². The van der Waals surface area contributed by atoms with Gasteiger partial charge in [0.1, 0.15) is 5.82 Å². The highest BCUT2D eigenvalue weighted by molar-refractivity contribution is 6.04. The first-order chi connectivity index (χ1) is 15.7. The molecule has 9 nitrogen and oxygen atoms in total. The third-order valence-corrected chi connectivity index (χ3v) is 5.97. The molecule has 1 atom stereocenters. The molecule has 1 aliphatic heterocycles. The Bertz CT molecular complexity index is 1180. The molecule has 0 bridgehead atoms. The summed E-state index contributed by atoms with van der Waals surface area (Å²) in [6.07, 6.45) is 1.69. The van der Waals surface area contributed by atoms with Crippen LogP contribution in [-0.4, -0.2) is 51.7 Å². The Morgan fingerprint density at radius 2 is 1.91 bits per heavy atom. The molecule has 4 rings (SSSR count). The third-order valence-electron chi connectivity index (χ3n) is 5.97. The van der Waals surface area contributed by atoms with Gasteiger partial charge < -0.3 is 20.6 Å². The maximum absolute atomic E-state index is 12.9. The number of aromatic nitrogens is 3. The molecule has 0 aliphatic carbocycles. The van der Waals surface area contributed by atoms with Crippen LogP contribution < -0.4 is 15.5 Å². The molecule has 1 unspecified atom stereocenters. The Morgan fingerprint density at radius 3 is 2.58 bits per heavy atom. The van der Waals surface area contributed by atoms with E-state index in [-0.39, 0.29) is 17.7 Å². The molecule has 3 heterocycles. The zero-order valence-corrected chi connectivity index (χ0v) is 19.4. The molecule has 9 heteroatoms. The van der Waals surface area contributed by atoms with Crippen LogP contribution in [0.2, 0.25) is 0 Å².